The highest BCUT2D eigenvalue weighted by atomic mass is 16.5. The third kappa shape index (κ3) is 2.52. The van der Waals surface area contributed by atoms with Crippen molar-refractivity contribution in [2.75, 3.05) is 32.6 Å². The Labute approximate surface area is 143 Å². The Morgan fingerprint density at radius 3 is 2.67 bits per heavy atom. The third-order valence-electron chi connectivity index (χ3n) is 4.92. The molecular formula is C19H27N3O2. The summed E-state index contributed by atoms with van der Waals surface area (Å²) in [6, 6.07) is 8.22. The minimum atomic E-state index is -0.453. The van der Waals surface area contributed by atoms with Gasteiger partial charge in [-0.05, 0) is 38.6 Å². The number of nitrogens with one attached hydrogen (secondary N) is 1. The third-order valence-corrected chi connectivity index (χ3v) is 4.92. The molecule has 0 fully saturated rings. The van der Waals surface area contributed by atoms with Gasteiger partial charge in [-0.1, -0.05) is 37.2 Å². The number of hydrogen-bond acceptors (Lipinski definition) is 5. The van der Waals surface area contributed by atoms with Crippen LogP contribution in [0.15, 0.2) is 28.8 Å². The molecule has 2 heterocycles. The standard InChI is InChI=1S/C19H27N3O2/c1-12(2)18-17(13(3)24-21-18)19(11-22(4)5)15(10-23)14-8-6-7-9-16(14)20-19/h6-9,12,15,20,23H,10-11H2,1-5H3. The summed E-state index contributed by atoms with van der Waals surface area (Å²) in [6.45, 7) is 7.03. The van der Waals surface area contributed by atoms with Gasteiger partial charge in [0.2, 0.25) is 0 Å². The number of benzene rings is 1. The highest BCUT2D eigenvalue weighted by Gasteiger charge is 2.50. The maximum absolute atomic E-state index is 10.3. The highest BCUT2D eigenvalue weighted by Crippen LogP contribution is 2.51. The van der Waals surface area contributed by atoms with Crippen molar-refractivity contribution in [3.63, 3.8) is 0 Å². The molecule has 0 saturated carbocycles. The summed E-state index contributed by atoms with van der Waals surface area (Å²) in [4.78, 5) is 2.15. The van der Waals surface area contributed by atoms with Crippen LogP contribution in [0.4, 0.5) is 5.69 Å². The fraction of sp³-hybridized carbons (Fsp3) is 0.526. The van der Waals surface area contributed by atoms with E-state index in [1.54, 1.807) is 0 Å². The number of aromatic nitrogens is 1. The van der Waals surface area contributed by atoms with E-state index in [2.05, 4.69) is 55.4 Å². The fourth-order valence-corrected chi connectivity index (χ4v) is 4.05. The number of anilines is 1. The fourth-order valence-electron chi connectivity index (χ4n) is 4.05. The molecule has 0 amide bonds. The van der Waals surface area contributed by atoms with Crippen molar-refractivity contribution >= 4 is 5.69 Å². The molecule has 0 bridgehead atoms. The van der Waals surface area contributed by atoms with Gasteiger partial charge in [0.25, 0.3) is 0 Å². The topological polar surface area (TPSA) is 61.5 Å². The highest BCUT2D eigenvalue weighted by molar-refractivity contribution is 5.65. The molecule has 5 nitrogen and oxygen atoms in total. The van der Waals surface area contributed by atoms with E-state index in [0.717, 1.165) is 34.8 Å². The molecule has 2 aromatic rings. The van der Waals surface area contributed by atoms with Gasteiger partial charge in [0.1, 0.15) is 5.76 Å². The van der Waals surface area contributed by atoms with Gasteiger partial charge in [0.05, 0.1) is 17.8 Å². The first-order valence-corrected chi connectivity index (χ1v) is 8.50. The summed E-state index contributed by atoms with van der Waals surface area (Å²) in [5.41, 5.74) is 3.83. The predicted octanol–water partition coefficient (Wildman–Crippen LogP) is 3.06. The Kier molecular flexibility index (Phi) is 4.40. The zero-order chi connectivity index (χ0) is 17.5. The van der Waals surface area contributed by atoms with Crippen LogP contribution >= 0.6 is 0 Å². The molecule has 0 aliphatic carbocycles. The van der Waals surface area contributed by atoms with Crippen LogP contribution in [0.1, 0.15) is 48.3 Å². The molecular weight excluding hydrogens is 302 g/mol. The molecule has 1 aromatic heterocycles. The van der Waals surface area contributed by atoms with E-state index in [9.17, 15) is 5.11 Å². The van der Waals surface area contributed by atoms with E-state index >= 15 is 0 Å². The Bertz CT molecular complexity index is 723. The van der Waals surface area contributed by atoms with Gasteiger partial charge in [-0.2, -0.15) is 0 Å². The Hall–Kier alpha value is -1.85. The van der Waals surface area contributed by atoms with Crippen LogP contribution in [0.25, 0.3) is 0 Å². The molecule has 1 aliphatic heterocycles. The molecule has 1 aliphatic rings. The van der Waals surface area contributed by atoms with Crippen molar-refractivity contribution < 1.29 is 9.63 Å². The number of aliphatic hydroxyl groups excluding tert-OH is 1. The SMILES string of the molecule is Cc1onc(C(C)C)c1C1(CN(C)C)Nc2ccccc2C1CO. The van der Waals surface area contributed by atoms with Crippen molar-refractivity contribution in [2.45, 2.75) is 38.1 Å². The number of aryl methyl sites for hydroxylation is 1. The minimum Gasteiger partial charge on any atom is -0.396 e. The predicted molar refractivity (Wildman–Crippen MR) is 95.5 cm³/mol. The summed E-state index contributed by atoms with van der Waals surface area (Å²) in [6.07, 6.45) is 0. The van der Waals surface area contributed by atoms with Gasteiger partial charge in [-0.15, -0.1) is 0 Å². The lowest BCUT2D eigenvalue weighted by Gasteiger charge is -2.38. The molecule has 5 heteroatoms. The number of fused-ring (bicyclic) bond motifs is 1. The van der Waals surface area contributed by atoms with Crippen molar-refractivity contribution in [3.05, 3.63) is 46.8 Å². The quantitative estimate of drug-likeness (QED) is 0.883. The van der Waals surface area contributed by atoms with Crippen LogP contribution in [0, 0.1) is 6.92 Å². The van der Waals surface area contributed by atoms with Gasteiger partial charge in [0, 0.05) is 23.7 Å². The maximum Gasteiger partial charge on any atom is 0.139 e. The molecule has 130 valence electrons. The largest absolute Gasteiger partial charge is 0.396 e. The Balaban J connectivity index is 2.23. The number of aliphatic hydroxyl groups is 1. The lowest BCUT2D eigenvalue weighted by Crippen LogP contribution is -2.47. The normalized spacial score (nSPS) is 22.9. The van der Waals surface area contributed by atoms with E-state index in [-0.39, 0.29) is 18.4 Å². The molecule has 2 unspecified atom stereocenters. The molecule has 2 atom stereocenters. The average molecular weight is 329 g/mol. The second-order valence-electron chi connectivity index (χ2n) is 7.31. The number of likely N-dealkylation sites (N-methyl/N-ethyl adjacent to an activating group) is 1. The number of para-hydroxylation sites is 1. The summed E-state index contributed by atoms with van der Waals surface area (Å²) in [5.74, 6) is 1.02. The Morgan fingerprint density at radius 2 is 2.04 bits per heavy atom. The monoisotopic (exact) mass is 329 g/mol. The van der Waals surface area contributed by atoms with Crippen LogP contribution in [-0.2, 0) is 5.54 Å². The first kappa shape index (κ1) is 17.0. The maximum atomic E-state index is 10.3. The smallest absolute Gasteiger partial charge is 0.139 e. The molecule has 0 radical (unpaired) electrons. The van der Waals surface area contributed by atoms with Gasteiger partial charge in [0.15, 0.2) is 0 Å². The van der Waals surface area contributed by atoms with Crippen LogP contribution < -0.4 is 5.32 Å². The van der Waals surface area contributed by atoms with Crippen molar-refractivity contribution in [1.82, 2.24) is 10.1 Å². The van der Waals surface area contributed by atoms with E-state index in [0.29, 0.717) is 0 Å². The van der Waals surface area contributed by atoms with E-state index in [4.69, 9.17) is 4.52 Å². The van der Waals surface area contributed by atoms with E-state index in [1.807, 2.05) is 19.1 Å². The van der Waals surface area contributed by atoms with Crippen LogP contribution in [0.3, 0.4) is 0 Å². The zero-order valence-corrected chi connectivity index (χ0v) is 15.1. The number of nitrogens with zero attached hydrogens (tertiary/aromatic N) is 2. The number of rotatable bonds is 5. The van der Waals surface area contributed by atoms with Crippen LogP contribution in [0.5, 0.6) is 0 Å². The summed E-state index contributed by atoms with van der Waals surface area (Å²) in [5, 5.41) is 18.3. The van der Waals surface area contributed by atoms with E-state index in [1.165, 1.54) is 0 Å². The van der Waals surface area contributed by atoms with Gasteiger partial charge < -0.3 is 19.8 Å². The molecule has 24 heavy (non-hydrogen) atoms. The lowest BCUT2D eigenvalue weighted by atomic mass is 9.75. The van der Waals surface area contributed by atoms with Crippen molar-refractivity contribution in [1.29, 1.82) is 0 Å². The van der Waals surface area contributed by atoms with E-state index < -0.39 is 5.54 Å². The molecule has 0 spiro atoms. The number of hydrogen-bond donors (Lipinski definition) is 2. The summed E-state index contributed by atoms with van der Waals surface area (Å²) in [7, 11) is 4.11. The first-order valence-electron chi connectivity index (χ1n) is 8.50. The second kappa shape index (κ2) is 6.22. The van der Waals surface area contributed by atoms with Crippen molar-refractivity contribution in [2.24, 2.45) is 0 Å². The molecule has 3 rings (SSSR count). The lowest BCUT2D eigenvalue weighted by molar-refractivity contribution is 0.192. The van der Waals surface area contributed by atoms with Crippen LogP contribution in [0.2, 0.25) is 0 Å². The average Bonchev–Trinajstić information content (AvgIpc) is 3.04. The summed E-state index contributed by atoms with van der Waals surface area (Å²) < 4.78 is 5.58. The second-order valence-corrected chi connectivity index (χ2v) is 7.31. The molecule has 2 N–H and O–H groups in total. The molecule has 1 aromatic carbocycles. The molecule has 0 saturated heterocycles. The Morgan fingerprint density at radius 1 is 1.33 bits per heavy atom. The van der Waals surface area contributed by atoms with Gasteiger partial charge in [-0.3, -0.25) is 0 Å². The van der Waals surface area contributed by atoms with Gasteiger partial charge >= 0.3 is 0 Å². The van der Waals surface area contributed by atoms with Gasteiger partial charge in [-0.25, -0.2) is 0 Å². The zero-order valence-electron chi connectivity index (χ0n) is 15.1. The van der Waals surface area contributed by atoms with Crippen LogP contribution in [-0.4, -0.2) is 42.4 Å². The van der Waals surface area contributed by atoms with Crippen molar-refractivity contribution in [3.8, 4) is 0 Å². The minimum absolute atomic E-state index is 0.0494. The summed E-state index contributed by atoms with van der Waals surface area (Å²) >= 11 is 0. The first-order chi connectivity index (χ1) is 11.4.